The van der Waals surface area contributed by atoms with Crippen LogP contribution < -0.4 is 10.1 Å². The Balaban J connectivity index is 1.72. The summed E-state index contributed by atoms with van der Waals surface area (Å²) in [6.45, 7) is 3.96. The zero-order valence-electron chi connectivity index (χ0n) is 13.2. The number of piperidine rings is 1. The summed E-state index contributed by atoms with van der Waals surface area (Å²) < 4.78 is 8.12. The number of imidazole rings is 1. The van der Waals surface area contributed by atoms with Crippen LogP contribution in [0.2, 0.25) is 0 Å². The van der Waals surface area contributed by atoms with Crippen molar-refractivity contribution in [3.05, 3.63) is 48.3 Å². The minimum Gasteiger partial charge on any atom is -0.473 e. The van der Waals surface area contributed by atoms with Gasteiger partial charge in [-0.05, 0) is 44.5 Å². The molecule has 5 heteroatoms. The Kier molecular flexibility index (Phi) is 3.71. The molecule has 5 nitrogen and oxygen atoms in total. The van der Waals surface area contributed by atoms with Gasteiger partial charge in [-0.3, -0.25) is 4.57 Å². The highest BCUT2D eigenvalue weighted by Gasteiger charge is 2.17. The zero-order chi connectivity index (χ0) is 15.6. The minimum absolute atomic E-state index is 0.197. The van der Waals surface area contributed by atoms with E-state index in [1.165, 1.54) is 0 Å². The fourth-order valence-corrected chi connectivity index (χ4v) is 3.10. The van der Waals surface area contributed by atoms with Gasteiger partial charge in [-0.15, -0.1) is 0 Å². The van der Waals surface area contributed by atoms with E-state index in [9.17, 15) is 0 Å². The lowest BCUT2D eigenvalue weighted by Gasteiger charge is -2.23. The molecule has 0 amide bonds. The Morgan fingerprint density at radius 2 is 2.00 bits per heavy atom. The maximum atomic E-state index is 6.05. The summed E-state index contributed by atoms with van der Waals surface area (Å²) in [5, 5.41) is 3.36. The number of nitrogens with one attached hydrogen (secondary N) is 1. The molecule has 0 bridgehead atoms. The van der Waals surface area contributed by atoms with E-state index in [1.807, 2.05) is 37.3 Å². The predicted molar refractivity (Wildman–Crippen MR) is 90.1 cm³/mol. The number of aromatic nitrogens is 3. The van der Waals surface area contributed by atoms with E-state index in [1.54, 1.807) is 0 Å². The Labute approximate surface area is 135 Å². The summed E-state index contributed by atoms with van der Waals surface area (Å²) in [5.41, 5.74) is 2.80. The van der Waals surface area contributed by atoms with Crippen LogP contribution in [0.3, 0.4) is 0 Å². The fourth-order valence-electron chi connectivity index (χ4n) is 3.10. The molecule has 1 unspecified atom stereocenters. The Bertz CT molecular complexity index is 807. The molecule has 1 fully saturated rings. The third-order valence-electron chi connectivity index (χ3n) is 4.20. The van der Waals surface area contributed by atoms with Gasteiger partial charge < -0.3 is 10.1 Å². The van der Waals surface area contributed by atoms with Gasteiger partial charge >= 0.3 is 0 Å². The van der Waals surface area contributed by atoms with Crippen molar-refractivity contribution in [2.45, 2.75) is 25.9 Å². The molecule has 1 atom stereocenters. The molecule has 1 aliphatic rings. The lowest BCUT2D eigenvalue weighted by Crippen LogP contribution is -2.37. The van der Waals surface area contributed by atoms with Crippen molar-refractivity contribution in [1.82, 2.24) is 19.9 Å². The molecule has 1 saturated heterocycles. The van der Waals surface area contributed by atoms with Crippen LogP contribution in [0.15, 0.2) is 42.5 Å². The molecule has 2 aromatic heterocycles. The number of para-hydroxylation sites is 1. The SMILES string of the molecule is Cc1nc2ccc(OC3CCCNC3)nc2n1-c1ccccc1. The molecule has 3 aromatic rings. The molecule has 4 rings (SSSR count). The first-order valence-corrected chi connectivity index (χ1v) is 8.10. The molecular weight excluding hydrogens is 288 g/mol. The van der Waals surface area contributed by atoms with Gasteiger partial charge in [0.05, 0.1) is 0 Å². The van der Waals surface area contributed by atoms with Crippen LogP contribution in [0.4, 0.5) is 0 Å². The minimum atomic E-state index is 0.197. The summed E-state index contributed by atoms with van der Waals surface area (Å²) in [6.07, 6.45) is 2.42. The van der Waals surface area contributed by atoms with Crippen molar-refractivity contribution in [1.29, 1.82) is 0 Å². The number of hydrogen-bond donors (Lipinski definition) is 1. The number of hydrogen-bond acceptors (Lipinski definition) is 4. The summed E-state index contributed by atoms with van der Waals surface area (Å²) in [6, 6.07) is 14.1. The number of fused-ring (bicyclic) bond motifs is 1. The summed E-state index contributed by atoms with van der Waals surface area (Å²) in [5.74, 6) is 1.60. The van der Waals surface area contributed by atoms with E-state index < -0.39 is 0 Å². The first kappa shape index (κ1) is 14.2. The Hall–Kier alpha value is -2.40. The van der Waals surface area contributed by atoms with E-state index >= 15 is 0 Å². The summed E-state index contributed by atoms with van der Waals surface area (Å²) >= 11 is 0. The third-order valence-corrected chi connectivity index (χ3v) is 4.20. The van der Waals surface area contributed by atoms with Crippen LogP contribution in [-0.4, -0.2) is 33.7 Å². The summed E-state index contributed by atoms with van der Waals surface area (Å²) in [7, 11) is 0. The van der Waals surface area contributed by atoms with Crippen molar-refractivity contribution in [2.24, 2.45) is 0 Å². The van der Waals surface area contributed by atoms with Crippen LogP contribution in [0.5, 0.6) is 5.88 Å². The number of rotatable bonds is 3. The fraction of sp³-hybridized carbons (Fsp3) is 0.333. The molecule has 0 spiro atoms. The maximum absolute atomic E-state index is 6.05. The molecule has 118 valence electrons. The van der Waals surface area contributed by atoms with Crippen LogP contribution in [0, 0.1) is 6.92 Å². The predicted octanol–water partition coefficient (Wildman–Crippen LogP) is 2.86. The van der Waals surface area contributed by atoms with Crippen molar-refractivity contribution < 1.29 is 4.74 Å². The van der Waals surface area contributed by atoms with Gasteiger partial charge in [0.1, 0.15) is 17.4 Å². The first-order valence-electron chi connectivity index (χ1n) is 8.10. The average Bonchev–Trinajstić information content (AvgIpc) is 2.92. The number of pyridine rings is 1. The lowest BCUT2D eigenvalue weighted by atomic mass is 10.1. The molecule has 23 heavy (non-hydrogen) atoms. The van der Waals surface area contributed by atoms with E-state index in [2.05, 4.69) is 27.0 Å². The van der Waals surface area contributed by atoms with Gasteiger partial charge in [0.15, 0.2) is 5.65 Å². The average molecular weight is 308 g/mol. The highest BCUT2D eigenvalue weighted by atomic mass is 16.5. The molecule has 0 saturated carbocycles. The molecular formula is C18H20N4O. The second-order valence-corrected chi connectivity index (χ2v) is 5.91. The quantitative estimate of drug-likeness (QED) is 0.808. The van der Waals surface area contributed by atoms with E-state index in [0.29, 0.717) is 5.88 Å². The molecule has 1 aliphatic heterocycles. The largest absolute Gasteiger partial charge is 0.473 e. The topological polar surface area (TPSA) is 52.0 Å². The zero-order valence-corrected chi connectivity index (χ0v) is 13.2. The highest BCUT2D eigenvalue weighted by Crippen LogP contribution is 2.23. The number of ether oxygens (including phenoxy) is 1. The van der Waals surface area contributed by atoms with Crippen LogP contribution in [0.1, 0.15) is 18.7 Å². The van der Waals surface area contributed by atoms with Gasteiger partial charge in [-0.2, -0.15) is 4.98 Å². The second-order valence-electron chi connectivity index (χ2n) is 5.91. The Morgan fingerprint density at radius 1 is 1.13 bits per heavy atom. The monoisotopic (exact) mass is 308 g/mol. The van der Waals surface area contributed by atoms with E-state index in [4.69, 9.17) is 9.72 Å². The van der Waals surface area contributed by atoms with Gasteiger partial charge in [-0.1, -0.05) is 18.2 Å². The van der Waals surface area contributed by atoms with Crippen LogP contribution in [-0.2, 0) is 0 Å². The second kappa shape index (κ2) is 6.01. The van der Waals surface area contributed by atoms with Gasteiger partial charge in [-0.25, -0.2) is 4.98 Å². The van der Waals surface area contributed by atoms with Crippen molar-refractivity contribution >= 4 is 11.2 Å². The third kappa shape index (κ3) is 2.80. The van der Waals surface area contributed by atoms with Crippen LogP contribution >= 0.6 is 0 Å². The number of nitrogens with zero attached hydrogens (tertiary/aromatic N) is 3. The van der Waals surface area contributed by atoms with E-state index in [0.717, 1.165) is 48.6 Å². The molecule has 1 aromatic carbocycles. The van der Waals surface area contributed by atoms with E-state index in [-0.39, 0.29) is 6.10 Å². The standard InChI is InChI=1S/C18H20N4O/c1-13-20-16-9-10-17(23-15-8-5-11-19-12-15)21-18(16)22(13)14-6-3-2-4-7-14/h2-4,6-7,9-10,15,19H,5,8,11-12H2,1H3. The van der Waals surface area contributed by atoms with Gasteiger partial charge in [0, 0.05) is 18.3 Å². The first-order chi connectivity index (χ1) is 11.3. The van der Waals surface area contributed by atoms with Gasteiger partial charge in [0.25, 0.3) is 0 Å². The highest BCUT2D eigenvalue weighted by molar-refractivity contribution is 5.74. The molecule has 0 radical (unpaired) electrons. The molecule has 1 N–H and O–H groups in total. The lowest BCUT2D eigenvalue weighted by molar-refractivity contribution is 0.161. The Morgan fingerprint density at radius 3 is 2.78 bits per heavy atom. The maximum Gasteiger partial charge on any atom is 0.215 e. The van der Waals surface area contributed by atoms with Crippen molar-refractivity contribution in [2.75, 3.05) is 13.1 Å². The molecule has 0 aliphatic carbocycles. The smallest absolute Gasteiger partial charge is 0.215 e. The van der Waals surface area contributed by atoms with Crippen LogP contribution in [0.25, 0.3) is 16.9 Å². The van der Waals surface area contributed by atoms with Crippen molar-refractivity contribution in [3.63, 3.8) is 0 Å². The van der Waals surface area contributed by atoms with Gasteiger partial charge in [0.2, 0.25) is 5.88 Å². The number of benzene rings is 1. The van der Waals surface area contributed by atoms with Crippen molar-refractivity contribution in [3.8, 4) is 11.6 Å². The summed E-state index contributed by atoms with van der Waals surface area (Å²) in [4.78, 5) is 9.33. The number of aryl methyl sites for hydroxylation is 1. The normalized spacial score (nSPS) is 18.2. The molecule has 3 heterocycles.